The van der Waals surface area contributed by atoms with Crippen LogP contribution in [0.2, 0.25) is 5.02 Å². The van der Waals surface area contributed by atoms with E-state index in [1.54, 1.807) is 6.92 Å². The van der Waals surface area contributed by atoms with Gasteiger partial charge in [0.15, 0.2) is 5.82 Å². The second kappa shape index (κ2) is 7.60. The lowest BCUT2D eigenvalue weighted by Crippen LogP contribution is -2.66. The highest BCUT2D eigenvalue weighted by molar-refractivity contribution is 6.31. The highest BCUT2D eigenvalue weighted by Gasteiger charge is 2.46. The molecule has 1 aromatic carbocycles. The van der Waals surface area contributed by atoms with Gasteiger partial charge in [-0.2, -0.15) is 4.98 Å². The monoisotopic (exact) mass is 438 g/mol. The standard InChI is InChI=1S/C22H23ClN6O2/c1-12-19(23)13(2)25-22(24-12)28-9-8-15-10-29(18(15)11-28)21(30)17-7-5-4-6-16(17)20-26-14(3)27-31-20/h4-7,15,18H,8-11H2,1-3H3/t15-,18-/m1/s1. The van der Waals surface area contributed by atoms with Crippen LogP contribution in [0.15, 0.2) is 28.8 Å². The molecule has 9 heteroatoms. The van der Waals surface area contributed by atoms with E-state index in [0.717, 1.165) is 30.9 Å². The first-order valence-corrected chi connectivity index (χ1v) is 10.8. The quantitative estimate of drug-likeness (QED) is 0.618. The summed E-state index contributed by atoms with van der Waals surface area (Å²) in [4.78, 5) is 31.0. The van der Waals surface area contributed by atoms with Gasteiger partial charge in [0.05, 0.1) is 33.6 Å². The van der Waals surface area contributed by atoms with Crippen molar-refractivity contribution in [2.24, 2.45) is 5.92 Å². The zero-order valence-corrected chi connectivity index (χ0v) is 18.4. The number of aromatic nitrogens is 4. The van der Waals surface area contributed by atoms with Gasteiger partial charge in [-0.1, -0.05) is 28.9 Å². The van der Waals surface area contributed by atoms with Gasteiger partial charge in [0.1, 0.15) is 0 Å². The van der Waals surface area contributed by atoms with Crippen molar-refractivity contribution in [3.8, 4) is 11.5 Å². The average molecular weight is 439 g/mol. The molecule has 0 radical (unpaired) electrons. The van der Waals surface area contributed by atoms with Gasteiger partial charge in [0, 0.05) is 25.6 Å². The first-order chi connectivity index (χ1) is 14.9. The van der Waals surface area contributed by atoms with Gasteiger partial charge in [-0.15, -0.1) is 0 Å². The average Bonchev–Trinajstić information content (AvgIpc) is 3.18. The van der Waals surface area contributed by atoms with Crippen molar-refractivity contribution in [3.05, 3.63) is 52.1 Å². The fourth-order valence-corrected chi connectivity index (χ4v) is 4.54. The summed E-state index contributed by atoms with van der Waals surface area (Å²) in [5.41, 5.74) is 2.79. The lowest BCUT2D eigenvalue weighted by molar-refractivity contribution is 0.00772. The number of hydrogen-bond donors (Lipinski definition) is 0. The van der Waals surface area contributed by atoms with Gasteiger partial charge >= 0.3 is 0 Å². The smallest absolute Gasteiger partial charge is 0.258 e. The van der Waals surface area contributed by atoms with Crippen LogP contribution in [0.1, 0.15) is 34.0 Å². The van der Waals surface area contributed by atoms with Crippen molar-refractivity contribution >= 4 is 23.5 Å². The Hall–Kier alpha value is -3.00. The first kappa shape index (κ1) is 19.9. The molecule has 0 aliphatic carbocycles. The number of anilines is 1. The molecule has 2 aliphatic rings. The molecule has 2 aliphatic heterocycles. The van der Waals surface area contributed by atoms with Gasteiger partial charge in [-0.25, -0.2) is 9.97 Å². The van der Waals surface area contributed by atoms with Crippen molar-refractivity contribution in [3.63, 3.8) is 0 Å². The van der Waals surface area contributed by atoms with E-state index in [1.165, 1.54) is 0 Å². The van der Waals surface area contributed by atoms with Crippen LogP contribution in [-0.2, 0) is 0 Å². The second-order valence-corrected chi connectivity index (χ2v) is 8.60. The second-order valence-electron chi connectivity index (χ2n) is 8.22. The molecule has 2 aromatic heterocycles. The Kier molecular flexibility index (Phi) is 4.89. The number of amides is 1. The molecular weight excluding hydrogens is 416 g/mol. The van der Waals surface area contributed by atoms with E-state index in [9.17, 15) is 4.79 Å². The van der Waals surface area contributed by atoms with Crippen molar-refractivity contribution in [1.29, 1.82) is 0 Å². The molecule has 1 amide bonds. The number of carbonyl (C=O) groups is 1. The normalized spacial score (nSPS) is 20.4. The van der Waals surface area contributed by atoms with E-state index in [1.807, 2.05) is 43.0 Å². The summed E-state index contributed by atoms with van der Waals surface area (Å²) in [5, 5.41) is 4.46. The zero-order chi connectivity index (χ0) is 21.7. The lowest BCUT2D eigenvalue weighted by atomic mass is 9.81. The summed E-state index contributed by atoms with van der Waals surface area (Å²) in [6.07, 6.45) is 1.00. The number of likely N-dealkylation sites (tertiary alicyclic amines) is 1. The van der Waals surface area contributed by atoms with Gasteiger partial charge in [-0.05, 0) is 39.3 Å². The number of aryl methyl sites for hydroxylation is 3. The summed E-state index contributed by atoms with van der Waals surface area (Å²) in [6, 6.07) is 7.52. The molecule has 2 saturated heterocycles. The summed E-state index contributed by atoms with van der Waals surface area (Å²) < 4.78 is 5.32. The van der Waals surface area contributed by atoms with Crippen LogP contribution >= 0.6 is 11.6 Å². The SMILES string of the molecule is Cc1noc(-c2ccccc2C(=O)N2C[C@H]3CCN(c4nc(C)c(Cl)c(C)n4)C[C@H]32)n1. The molecule has 0 N–H and O–H groups in total. The number of fused-ring (bicyclic) bond motifs is 1. The third-order valence-electron chi connectivity index (χ3n) is 6.18. The Labute approximate surface area is 185 Å². The number of piperidine rings is 1. The van der Waals surface area contributed by atoms with Gasteiger partial charge in [-0.3, -0.25) is 4.79 Å². The molecule has 31 heavy (non-hydrogen) atoms. The summed E-state index contributed by atoms with van der Waals surface area (Å²) in [5.74, 6) is 2.06. The van der Waals surface area contributed by atoms with E-state index in [4.69, 9.17) is 16.1 Å². The first-order valence-electron chi connectivity index (χ1n) is 10.4. The molecule has 5 rings (SSSR count). The van der Waals surface area contributed by atoms with Gasteiger partial charge in [0.25, 0.3) is 11.8 Å². The molecule has 2 fully saturated rings. The summed E-state index contributed by atoms with van der Waals surface area (Å²) >= 11 is 6.24. The van der Waals surface area contributed by atoms with E-state index < -0.39 is 0 Å². The van der Waals surface area contributed by atoms with Gasteiger partial charge < -0.3 is 14.3 Å². The fourth-order valence-electron chi connectivity index (χ4n) is 4.46. The maximum absolute atomic E-state index is 13.4. The number of rotatable bonds is 3. The van der Waals surface area contributed by atoms with Crippen LogP contribution in [0.5, 0.6) is 0 Å². The van der Waals surface area contributed by atoms with E-state index in [2.05, 4.69) is 25.0 Å². The molecule has 2 atom stereocenters. The molecule has 8 nitrogen and oxygen atoms in total. The Morgan fingerprint density at radius 3 is 2.55 bits per heavy atom. The molecule has 4 heterocycles. The van der Waals surface area contributed by atoms with E-state index in [-0.39, 0.29) is 11.9 Å². The molecule has 0 unspecified atom stereocenters. The predicted molar refractivity (Wildman–Crippen MR) is 116 cm³/mol. The molecule has 3 aromatic rings. The largest absolute Gasteiger partial charge is 0.339 e. The maximum Gasteiger partial charge on any atom is 0.258 e. The number of hydrogen-bond acceptors (Lipinski definition) is 7. The van der Waals surface area contributed by atoms with Crippen LogP contribution < -0.4 is 4.90 Å². The Morgan fingerprint density at radius 2 is 1.84 bits per heavy atom. The third kappa shape index (κ3) is 3.44. The lowest BCUT2D eigenvalue weighted by Gasteiger charge is -2.53. The predicted octanol–water partition coefficient (Wildman–Crippen LogP) is 3.46. The zero-order valence-electron chi connectivity index (χ0n) is 17.7. The van der Waals surface area contributed by atoms with Crippen molar-refractivity contribution in [2.45, 2.75) is 33.2 Å². The van der Waals surface area contributed by atoms with Crippen LogP contribution in [0.3, 0.4) is 0 Å². The topological polar surface area (TPSA) is 88.3 Å². The third-order valence-corrected chi connectivity index (χ3v) is 6.73. The van der Waals surface area contributed by atoms with Crippen molar-refractivity contribution in [1.82, 2.24) is 25.0 Å². The van der Waals surface area contributed by atoms with Crippen LogP contribution in [0.4, 0.5) is 5.95 Å². The van der Waals surface area contributed by atoms with Crippen LogP contribution in [0, 0.1) is 26.7 Å². The van der Waals surface area contributed by atoms with Crippen molar-refractivity contribution < 1.29 is 9.32 Å². The number of benzene rings is 1. The summed E-state index contributed by atoms with van der Waals surface area (Å²) in [6.45, 7) is 7.88. The Balaban J connectivity index is 1.38. The molecule has 160 valence electrons. The van der Waals surface area contributed by atoms with Crippen molar-refractivity contribution in [2.75, 3.05) is 24.5 Å². The van der Waals surface area contributed by atoms with E-state index >= 15 is 0 Å². The highest BCUT2D eigenvalue weighted by Crippen LogP contribution is 2.36. The molecule has 0 bridgehead atoms. The minimum absolute atomic E-state index is 0.0149. The minimum atomic E-state index is -0.0149. The number of nitrogens with zero attached hydrogens (tertiary/aromatic N) is 6. The van der Waals surface area contributed by atoms with Gasteiger partial charge in [0.2, 0.25) is 5.95 Å². The summed E-state index contributed by atoms with van der Waals surface area (Å²) in [7, 11) is 0. The Bertz CT molecular complexity index is 1140. The minimum Gasteiger partial charge on any atom is -0.339 e. The highest BCUT2D eigenvalue weighted by atomic mass is 35.5. The van der Waals surface area contributed by atoms with Crippen LogP contribution in [-0.4, -0.2) is 56.6 Å². The maximum atomic E-state index is 13.4. The number of carbonyl (C=O) groups excluding carboxylic acids is 1. The Morgan fingerprint density at radius 1 is 1.10 bits per heavy atom. The molecule has 0 spiro atoms. The number of halogens is 1. The molecule has 0 saturated carbocycles. The van der Waals surface area contributed by atoms with E-state index in [0.29, 0.717) is 46.3 Å². The fraction of sp³-hybridized carbons (Fsp3) is 0.409. The van der Waals surface area contributed by atoms with Crippen LogP contribution in [0.25, 0.3) is 11.5 Å². The molecular formula is C22H23ClN6O2.